The number of amides is 2. The zero-order valence-corrected chi connectivity index (χ0v) is 17.1. The molecule has 3 rings (SSSR count). The quantitative estimate of drug-likeness (QED) is 0.598. The van der Waals surface area contributed by atoms with Crippen molar-refractivity contribution in [3.63, 3.8) is 0 Å². The Morgan fingerprint density at radius 3 is 2.46 bits per heavy atom. The molecule has 0 spiro atoms. The first kappa shape index (κ1) is 20.0. The van der Waals surface area contributed by atoms with Crippen molar-refractivity contribution in [1.29, 1.82) is 0 Å². The Kier molecular flexibility index (Phi) is 6.10. The standard InChI is InChI=1S/C18H20N4O4S2/c1-11(2)20-15(24)10-21-13-5-7-28-16(13)17(25)22(18(21)26)9-14(23)19-8-12-4-3-6-27-12/h3-7,11H,8-10H2,1-2H3,(H,19,23)(H,20,24). The number of hydrogen-bond donors (Lipinski definition) is 2. The van der Waals surface area contributed by atoms with E-state index in [1.54, 1.807) is 11.4 Å². The summed E-state index contributed by atoms with van der Waals surface area (Å²) in [7, 11) is 0. The molecule has 3 aromatic heterocycles. The lowest BCUT2D eigenvalue weighted by molar-refractivity contribution is -0.122. The van der Waals surface area contributed by atoms with Crippen LogP contribution >= 0.6 is 22.7 Å². The number of hydrogen-bond acceptors (Lipinski definition) is 6. The predicted molar refractivity (Wildman–Crippen MR) is 110 cm³/mol. The highest BCUT2D eigenvalue weighted by Crippen LogP contribution is 2.15. The van der Waals surface area contributed by atoms with E-state index >= 15 is 0 Å². The van der Waals surface area contributed by atoms with Gasteiger partial charge in [0, 0.05) is 10.9 Å². The zero-order valence-electron chi connectivity index (χ0n) is 15.4. The van der Waals surface area contributed by atoms with Gasteiger partial charge in [-0.15, -0.1) is 22.7 Å². The first-order valence-electron chi connectivity index (χ1n) is 8.66. The predicted octanol–water partition coefficient (Wildman–Crippen LogP) is 1.13. The molecule has 8 nitrogen and oxygen atoms in total. The van der Waals surface area contributed by atoms with Gasteiger partial charge in [0.25, 0.3) is 5.56 Å². The zero-order chi connectivity index (χ0) is 20.3. The molecule has 0 aromatic carbocycles. The Labute approximate surface area is 168 Å². The molecule has 2 N–H and O–H groups in total. The molecule has 3 heterocycles. The molecule has 0 saturated carbocycles. The molecular formula is C18H20N4O4S2. The van der Waals surface area contributed by atoms with Crippen molar-refractivity contribution in [3.8, 4) is 0 Å². The van der Waals surface area contributed by atoms with Gasteiger partial charge in [-0.1, -0.05) is 6.07 Å². The highest BCUT2D eigenvalue weighted by Gasteiger charge is 2.18. The van der Waals surface area contributed by atoms with Crippen molar-refractivity contribution in [3.05, 3.63) is 54.7 Å². The number of carbonyl (C=O) groups is 2. The molecule has 0 atom stereocenters. The monoisotopic (exact) mass is 420 g/mol. The number of fused-ring (bicyclic) bond motifs is 1. The van der Waals surface area contributed by atoms with Gasteiger partial charge in [-0.05, 0) is 36.7 Å². The second-order valence-electron chi connectivity index (χ2n) is 6.47. The lowest BCUT2D eigenvalue weighted by atomic mass is 10.3. The summed E-state index contributed by atoms with van der Waals surface area (Å²) < 4.78 is 2.45. The van der Waals surface area contributed by atoms with E-state index in [-0.39, 0.29) is 18.5 Å². The van der Waals surface area contributed by atoms with E-state index in [9.17, 15) is 19.2 Å². The number of nitrogens with one attached hydrogen (secondary N) is 2. The molecule has 10 heteroatoms. The molecule has 0 aliphatic rings. The summed E-state index contributed by atoms with van der Waals surface area (Å²) in [6.07, 6.45) is 0. The lowest BCUT2D eigenvalue weighted by Gasteiger charge is -2.13. The van der Waals surface area contributed by atoms with Crippen molar-refractivity contribution < 1.29 is 9.59 Å². The number of aromatic nitrogens is 2. The summed E-state index contributed by atoms with van der Waals surface area (Å²) in [6, 6.07) is 5.32. The summed E-state index contributed by atoms with van der Waals surface area (Å²) >= 11 is 2.68. The van der Waals surface area contributed by atoms with Crippen LogP contribution in [0.2, 0.25) is 0 Å². The van der Waals surface area contributed by atoms with Gasteiger partial charge in [0.1, 0.15) is 17.8 Å². The van der Waals surface area contributed by atoms with Crippen LogP contribution in [0.25, 0.3) is 10.2 Å². The van der Waals surface area contributed by atoms with Crippen LogP contribution in [0.5, 0.6) is 0 Å². The second kappa shape index (κ2) is 8.53. The van der Waals surface area contributed by atoms with Gasteiger partial charge in [0.2, 0.25) is 11.8 Å². The molecule has 0 bridgehead atoms. The Balaban J connectivity index is 1.89. The highest BCUT2D eigenvalue weighted by molar-refractivity contribution is 7.17. The maximum atomic E-state index is 12.9. The van der Waals surface area contributed by atoms with Gasteiger partial charge >= 0.3 is 5.69 Å². The number of thiophene rings is 2. The van der Waals surface area contributed by atoms with E-state index in [0.717, 1.165) is 9.44 Å². The Bertz CT molecular complexity index is 1110. The van der Waals surface area contributed by atoms with Crippen LogP contribution in [0.4, 0.5) is 0 Å². The van der Waals surface area contributed by atoms with Crippen molar-refractivity contribution in [1.82, 2.24) is 19.8 Å². The molecule has 2 amide bonds. The fourth-order valence-electron chi connectivity index (χ4n) is 2.74. The average molecular weight is 421 g/mol. The van der Waals surface area contributed by atoms with Crippen molar-refractivity contribution in [2.45, 2.75) is 39.5 Å². The third-order valence-corrected chi connectivity index (χ3v) is 5.70. The van der Waals surface area contributed by atoms with Gasteiger partial charge in [-0.25, -0.2) is 9.36 Å². The minimum absolute atomic E-state index is 0.0740. The van der Waals surface area contributed by atoms with Crippen LogP contribution < -0.4 is 21.9 Å². The van der Waals surface area contributed by atoms with Gasteiger partial charge in [-0.2, -0.15) is 0 Å². The molecule has 0 unspecified atom stereocenters. The molecule has 28 heavy (non-hydrogen) atoms. The number of nitrogens with zero attached hydrogens (tertiary/aromatic N) is 2. The summed E-state index contributed by atoms with van der Waals surface area (Å²) in [5.74, 6) is -0.779. The molecule has 0 aliphatic heterocycles. The topological polar surface area (TPSA) is 102 Å². The first-order chi connectivity index (χ1) is 13.4. The summed E-state index contributed by atoms with van der Waals surface area (Å²) in [4.78, 5) is 50.9. The van der Waals surface area contributed by atoms with Crippen molar-refractivity contribution in [2.75, 3.05) is 0 Å². The van der Waals surface area contributed by atoms with Gasteiger partial charge < -0.3 is 10.6 Å². The molecule has 148 valence electrons. The smallest absolute Gasteiger partial charge is 0.332 e. The largest absolute Gasteiger partial charge is 0.352 e. The Morgan fingerprint density at radius 1 is 1.04 bits per heavy atom. The molecule has 0 radical (unpaired) electrons. The highest BCUT2D eigenvalue weighted by atomic mass is 32.1. The SMILES string of the molecule is CC(C)NC(=O)Cn1c(=O)n(CC(=O)NCc2cccs2)c(=O)c2sccc21. The van der Waals surface area contributed by atoms with Crippen LogP contribution in [-0.4, -0.2) is 27.0 Å². The summed E-state index contributed by atoms with van der Waals surface area (Å²) in [5, 5.41) is 9.01. The second-order valence-corrected chi connectivity index (χ2v) is 8.42. The maximum Gasteiger partial charge on any atom is 0.332 e. The fraction of sp³-hybridized carbons (Fsp3) is 0.333. The molecular weight excluding hydrogens is 400 g/mol. The molecule has 3 aromatic rings. The molecule has 0 saturated heterocycles. The van der Waals surface area contributed by atoms with Crippen molar-refractivity contribution >= 4 is 44.7 Å². The Hall–Kier alpha value is -2.72. The van der Waals surface area contributed by atoms with Gasteiger partial charge in [0.05, 0.1) is 12.1 Å². The normalized spacial score (nSPS) is 11.1. The third-order valence-electron chi connectivity index (χ3n) is 3.93. The minimum Gasteiger partial charge on any atom is -0.352 e. The minimum atomic E-state index is -0.680. The summed E-state index contributed by atoms with van der Waals surface area (Å²) in [5.41, 5.74) is -0.808. The van der Waals surface area contributed by atoms with E-state index in [1.807, 2.05) is 31.4 Å². The first-order valence-corrected chi connectivity index (χ1v) is 10.4. The van der Waals surface area contributed by atoms with Gasteiger partial charge in [0.15, 0.2) is 0 Å². The van der Waals surface area contributed by atoms with E-state index in [4.69, 9.17) is 0 Å². The lowest BCUT2D eigenvalue weighted by Crippen LogP contribution is -2.45. The van der Waals surface area contributed by atoms with Crippen LogP contribution in [0.1, 0.15) is 18.7 Å². The summed E-state index contributed by atoms with van der Waals surface area (Å²) in [6.45, 7) is 3.35. The van der Waals surface area contributed by atoms with Crippen LogP contribution in [-0.2, 0) is 29.2 Å². The van der Waals surface area contributed by atoms with Crippen molar-refractivity contribution in [2.24, 2.45) is 0 Å². The third kappa shape index (κ3) is 4.39. The molecule has 0 fully saturated rings. The average Bonchev–Trinajstić information content (AvgIpc) is 3.31. The maximum absolute atomic E-state index is 12.9. The fourth-order valence-corrected chi connectivity index (χ4v) is 4.22. The Morgan fingerprint density at radius 2 is 1.79 bits per heavy atom. The number of rotatable bonds is 7. The number of carbonyl (C=O) groups excluding carboxylic acids is 2. The van der Waals surface area contributed by atoms with Crippen LogP contribution in [0.15, 0.2) is 38.5 Å². The van der Waals surface area contributed by atoms with E-state index < -0.39 is 23.7 Å². The van der Waals surface area contributed by atoms with E-state index in [0.29, 0.717) is 16.8 Å². The van der Waals surface area contributed by atoms with E-state index in [1.165, 1.54) is 27.2 Å². The van der Waals surface area contributed by atoms with E-state index in [2.05, 4.69) is 10.6 Å². The molecule has 0 aliphatic carbocycles. The van der Waals surface area contributed by atoms with Crippen LogP contribution in [0.3, 0.4) is 0 Å². The van der Waals surface area contributed by atoms with Crippen LogP contribution in [0, 0.1) is 0 Å². The van der Waals surface area contributed by atoms with Gasteiger partial charge in [-0.3, -0.25) is 19.0 Å².